The minimum atomic E-state index is -0.00963. The van der Waals surface area contributed by atoms with E-state index < -0.39 is 0 Å². The van der Waals surface area contributed by atoms with Crippen molar-refractivity contribution in [2.45, 2.75) is 6.42 Å². The van der Waals surface area contributed by atoms with E-state index in [-0.39, 0.29) is 12.4 Å². The number of amidine groups is 1. The number of nitrogens with one attached hydrogen (secondary N) is 1. The summed E-state index contributed by atoms with van der Waals surface area (Å²) >= 11 is 0. The number of hydrogen-bond acceptors (Lipinski definition) is 3. The second kappa shape index (κ2) is 5.24. The number of nitrogens with two attached hydrogens (primary N) is 1. The smallest absolute Gasteiger partial charge is 0.130 e. The molecular formula is C10H14N2O2. The Morgan fingerprint density at radius 2 is 2.14 bits per heavy atom. The van der Waals surface area contributed by atoms with E-state index >= 15 is 0 Å². The maximum atomic E-state index is 8.58. The number of hydrogen-bond donors (Lipinski definition) is 3. The molecule has 0 saturated carbocycles. The number of nitrogen functional groups attached to an aromatic ring is 1. The van der Waals surface area contributed by atoms with E-state index in [0.717, 1.165) is 0 Å². The van der Waals surface area contributed by atoms with Crippen LogP contribution in [0.4, 0.5) is 0 Å². The molecule has 0 fully saturated rings. The van der Waals surface area contributed by atoms with Crippen molar-refractivity contribution in [3.05, 3.63) is 29.8 Å². The highest BCUT2D eigenvalue weighted by molar-refractivity contribution is 5.97. The van der Waals surface area contributed by atoms with Crippen LogP contribution >= 0.6 is 0 Å². The molecule has 0 bridgehead atoms. The van der Waals surface area contributed by atoms with E-state index in [0.29, 0.717) is 24.3 Å². The maximum absolute atomic E-state index is 8.58. The topological polar surface area (TPSA) is 79.3 Å². The minimum absolute atomic E-state index is 0.00963. The van der Waals surface area contributed by atoms with Crippen molar-refractivity contribution in [3.63, 3.8) is 0 Å². The first-order valence-corrected chi connectivity index (χ1v) is 4.43. The van der Waals surface area contributed by atoms with E-state index in [2.05, 4.69) is 0 Å². The predicted octanol–water partition coefficient (Wildman–Crippen LogP) is 0.732. The zero-order valence-electron chi connectivity index (χ0n) is 7.86. The van der Waals surface area contributed by atoms with E-state index in [1.165, 1.54) is 0 Å². The summed E-state index contributed by atoms with van der Waals surface area (Å²) in [5.74, 6) is 0.582. The van der Waals surface area contributed by atoms with Gasteiger partial charge in [-0.05, 0) is 12.1 Å². The number of ether oxygens (including phenoxy) is 1. The van der Waals surface area contributed by atoms with Gasteiger partial charge in [-0.15, -0.1) is 0 Å². The summed E-state index contributed by atoms with van der Waals surface area (Å²) in [6.45, 7) is 0.531. The Morgan fingerprint density at radius 1 is 1.43 bits per heavy atom. The lowest BCUT2D eigenvalue weighted by atomic mass is 10.2. The fraction of sp³-hybridized carbons (Fsp3) is 0.300. The number of benzene rings is 1. The van der Waals surface area contributed by atoms with Gasteiger partial charge in [-0.2, -0.15) is 0 Å². The molecule has 1 aromatic carbocycles. The molecule has 76 valence electrons. The summed E-state index contributed by atoms with van der Waals surface area (Å²) in [7, 11) is 0. The highest BCUT2D eigenvalue weighted by Crippen LogP contribution is 2.16. The molecule has 0 saturated heterocycles. The standard InChI is InChI=1S/C10H14N2O2/c11-10(12)8-4-1-2-5-9(8)14-7-3-6-13/h1-2,4-5,13H,3,6-7H2,(H3,11,12). The molecule has 0 aliphatic rings. The lowest BCUT2D eigenvalue weighted by molar-refractivity contribution is 0.233. The van der Waals surface area contributed by atoms with Crippen LogP contribution in [0.5, 0.6) is 5.75 Å². The fourth-order valence-electron chi connectivity index (χ4n) is 1.06. The zero-order valence-corrected chi connectivity index (χ0v) is 7.86. The zero-order chi connectivity index (χ0) is 10.4. The minimum Gasteiger partial charge on any atom is -0.493 e. The fourth-order valence-corrected chi connectivity index (χ4v) is 1.06. The van der Waals surface area contributed by atoms with E-state index in [9.17, 15) is 0 Å². The van der Waals surface area contributed by atoms with Gasteiger partial charge < -0.3 is 15.6 Å². The highest BCUT2D eigenvalue weighted by atomic mass is 16.5. The van der Waals surface area contributed by atoms with Crippen LogP contribution in [0.15, 0.2) is 24.3 Å². The monoisotopic (exact) mass is 194 g/mol. The third kappa shape index (κ3) is 2.74. The Balaban J connectivity index is 2.69. The summed E-state index contributed by atoms with van der Waals surface area (Å²) in [6.07, 6.45) is 0.576. The quantitative estimate of drug-likeness (QED) is 0.367. The van der Waals surface area contributed by atoms with Crippen molar-refractivity contribution in [1.82, 2.24) is 0 Å². The molecule has 14 heavy (non-hydrogen) atoms. The van der Waals surface area contributed by atoms with Gasteiger partial charge in [-0.3, -0.25) is 5.41 Å². The molecule has 1 rings (SSSR count). The first-order valence-electron chi connectivity index (χ1n) is 4.43. The Kier molecular flexibility index (Phi) is 3.94. The van der Waals surface area contributed by atoms with Crippen molar-refractivity contribution in [1.29, 1.82) is 5.41 Å². The van der Waals surface area contributed by atoms with Crippen LogP contribution in [0.2, 0.25) is 0 Å². The lowest BCUT2D eigenvalue weighted by Gasteiger charge is -2.09. The first kappa shape index (κ1) is 10.5. The third-order valence-electron chi connectivity index (χ3n) is 1.74. The third-order valence-corrected chi connectivity index (χ3v) is 1.74. The molecule has 0 atom stereocenters. The second-order valence-electron chi connectivity index (χ2n) is 2.84. The summed E-state index contributed by atoms with van der Waals surface area (Å²) < 4.78 is 5.36. The Morgan fingerprint density at radius 3 is 2.79 bits per heavy atom. The Labute approximate surface area is 82.8 Å². The van der Waals surface area contributed by atoms with Crippen LogP contribution in [0.1, 0.15) is 12.0 Å². The van der Waals surface area contributed by atoms with Gasteiger partial charge in [0.15, 0.2) is 0 Å². The summed E-state index contributed by atoms with van der Waals surface area (Å²) in [5, 5.41) is 15.9. The van der Waals surface area contributed by atoms with Gasteiger partial charge in [0.2, 0.25) is 0 Å². The second-order valence-corrected chi connectivity index (χ2v) is 2.84. The molecule has 0 radical (unpaired) electrons. The molecule has 4 N–H and O–H groups in total. The van der Waals surface area contributed by atoms with E-state index in [4.69, 9.17) is 21.0 Å². The van der Waals surface area contributed by atoms with Crippen molar-refractivity contribution in [3.8, 4) is 5.75 Å². The van der Waals surface area contributed by atoms with Gasteiger partial charge in [-0.25, -0.2) is 0 Å². The molecular weight excluding hydrogens is 180 g/mol. The summed E-state index contributed by atoms with van der Waals surface area (Å²) in [6, 6.07) is 7.11. The van der Waals surface area contributed by atoms with Crippen molar-refractivity contribution in [2.24, 2.45) is 5.73 Å². The average molecular weight is 194 g/mol. The molecule has 0 unspecified atom stereocenters. The number of aliphatic hydroxyl groups excluding tert-OH is 1. The molecule has 4 heteroatoms. The van der Waals surface area contributed by atoms with Gasteiger partial charge in [0.25, 0.3) is 0 Å². The van der Waals surface area contributed by atoms with Gasteiger partial charge in [0, 0.05) is 13.0 Å². The normalized spacial score (nSPS) is 9.79. The van der Waals surface area contributed by atoms with E-state index in [1.54, 1.807) is 18.2 Å². The number of rotatable bonds is 5. The van der Waals surface area contributed by atoms with Crippen LogP contribution in [-0.2, 0) is 0 Å². The SMILES string of the molecule is N=C(N)c1ccccc1OCCCO. The molecule has 0 aromatic heterocycles. The van der Waals surface area contributed by atoms with Gasteiger partial charge in [0.05, 0.1) is 12.2 Å². The van der Waals surface area contributed by atoms with Crippen molar-refractivity contribution < 1.29 is 9.84 Å². The summed E-state index contributed by atoms with van der Waals surface area (Å²) in [5.41, 5.74) is 5.96. The van der Waals surface area contributed by atoms with Crippen LogP contribution in [-0.4, -0.2) is 24.2 Å². The van der Waals surface area contributed by atoms with Crippen LogP contribution in [0.25, 0.3) is 0 Å². The van der Waals surface area contributed by atoms with Crippen LogP contribution in [0.3, 0.4) is 0 Å². The molecule has 0 aliphatic heterocycles. The average Bonchev–Trinajstić information content (AvgIpc) is 2.19. The van der Waals surface area contributed by atoms with Gasteiger partial charge in [-0.1, -0.05) is 12.1 Å². The molecule has 0 aliphatic carbocycles. The number of aliphatic hydroxyl groups is 1. The first-order chi connectivity index (χ1) is 6.75. The molecule has 0 heterocycles. The Hall–Kier alpha value is -1.55. The highest BCUT2D eigenvalue weighted by Gasteiger charge is 2.04. The molecule has 4 nitrogen and oxygen atoms in total. The lowest BCUT2D eigenvalue weighted by Crippen LogP contribution is -2.13. The molecule has 0 amide bonds. The van der Waals surface area contributed by atoms with Gasteiger partial charge in [0.1, 0.15) is 11.6 Å². The maximum Gasteiger partial charge on any atom is 0.130 e. The number of para-hydroxylation sites is 1. The van der Waals surface area contributed by atoms with Crippen LogP contribution in [0, 0.1) is 5.41 Å². The van der Waals surface area contributed by atoms with Gasteiger partial charge >= 0.3 is 0 Å². The molecule has 1 aromatic rings. The predicted molar refractivity (Wildman–Crippen MR) is 54.7 cm³/mol. The van der Waals surface area contributed by atoms with Crippen LogP contribution < -0.4 is 10.5 Å². The Bertz CT molecular complexity index is 313. The van der Waals surface area contributed by atoms with Crippen molar-refractivity contribution >= 4 is 5.84 Å². The largest absolute Gasteiger partial charge is 0.493 e. The van der Waals surface area contributed by atoms with E-state index in [1.807, 2.05) is 6.07 Å². The molecule has 0 spiro atoms. The summed E-state index contributed by atoms with van der Waals surface area (Å²) in [4.78, 5) is 0. The van der Waals surface area contributed by atoms with Crippen molar-refractivity contribution in [2.75, 3.05) is 13.2 Å².